The second-order valence-electron chi connectivity index (χ2n) is 5.63. The van der Waals surface area contributed by atoms with Crippen LogP contribution in [0.25, 0.3) is 0 Å². The zero-order chi connectivity index (χ0) is 15.5. The second-order valence-corrected chi connectivity index (χ2v) is 6.48. The van der Waals surface area contributed by atoms with Crippen LogP contribution in [0.2, 0.25) is 10.0 Å². The van der Waals surface area contributed by atoms with E-state index in [0.29, 0.717) is 16.8 Å². The van der Waals surface area contributed by atoms with Crippen LogP contribution < -0.4 is 10.2 Å². The Morgan fingerprint density at radius 2 is 2.23 bits per heavy atom. The molecule has 1 saturated heterocycles. The molecule has 0 bridgehead atoms. The van der Waals surface area contributed by atoms with Gasteiger partial charge in [-0.05, 0) is 37.0 Å². The fraction of sp³-hybridized carbons (Fsp3) is 0.375. The van der Waals surface area contributed by atoms with E-state index in [1.807, 2.05) is 12.1 Å². The van der Waals surface area contributed by atoms with Crippen molar-refractivity contribution in [3.8, 4) is 0 Å². The summed E-state index contributed by atoms with van der Waals surface area (Å²) in [5.41, 5.74) is 2.49. The van der Waals surface area contributed by atoms with E-state index in [2.05, 4.69) is 33.2 Å². The summed E-state index contributed by atoms with van der Waals surface area (Å²) >= 11 is 12.2. The average molecular weight is 337 g/mol. The van der Waals surface area contributed by atoms with E-state index < -0.39 is 0 Å². The predicted molar refractivity (Wildman–Crippen MR) is 92.0 cm³/mol. The van der Waals surface area contributed by atoms with Crippen molar-refractivity contribution in [3.05, 3.63) is 46.3 Å². The normalized spacial score (nSPS) is 17.8. The highest BCUT2D eigenvalue weighted by Crippen LogP contribution is 2.29. The Morgan fingerprint density at radius 3 is 3.05 bits per heavy atom. The lowest BCUT2D eigenvalue weighted by molar-refractivity contribution is 0.621. The molecular formula is C16H18Cl2N4. The maximum Gasteiger partial charge on any atom is 0.148 e. The number of anilines is 2. The zero-order valence-corrected chi connectivity index (χ0v) is 13.9. The standard InChI is InChI=1S/C16H18Cl2N4/c1-11-2-3-13(17)6-15(11)22-5-4-12(9-22)7-20-16-14(18)8-19-10-21-16/h2-3,6,8,10,12H,4-5,7,9H2,1H3,(H,19,20,21). The predicted octanol–water partition coefficient (Wildman–Crippen LogP) is 4.03. The van der Waals surface area contributed by atoms with Crippen molar-refractivity contribution in [1.29, 1.82) is 0 Å². The number of rotatable bonds is 4. The van der Waals surface area contributed by atoms with Gasteiger partial charge in [-0.3, -0.25) is 0 Å². The van der Waals surface area contributed by atoms with Crippen LogP contribution in [-0.4, -0.2) is 29.6 Å². The van der Waals surface area contributed by atoms with Crippen molar-refractivity contribution in [1.82, 2.24) is 9.97 Å². The zero-order valence-electron chi connectivity index (χ0n) is 12.4. The molecule has 4 nitrogen and oxygen atoms in total. The first-order valence-corrected chi connectivity index (χ1v) is 8.09. The second kappa shape index (κ2) is 6.71. The third-order valence-electron chi connectivity index (χ3n) is 4.02. The molecule has 0 saturated carbocycles. The van der Waals surface area contributed by atoms with Gasteiger partial charge in [-0.1, -0.05) is 29.3 Å². The monoisotopic (exact) mass is 336 g/mol. The molecule has 3 rings (SSSR count). The quantitative estimate of drug-likeness (QED) is 0.915. The van der Waals surface area contributed by atoms with Gasteiger partial charge in [0.2, 0.25) is 0 Å². The molecule has 1 aromatic heterocycles. The molecule has 1 aromatic carbocycles. The van der Waals surface area contributed by atoms with Crippen LogP contribution in [0.1, 0.15) is 12.0 Å². The molecule has 1 fully saturated rings. The Morgan fingerprint density at radius 1 is 1.36 bits per heavy atom. The topological polar surface area (TPSA) is 41.0 Å². The van der Waals surface area contributed by atoms with E-state index in [1.54, 1.807) is 6.20 Å². The minimum atomic E-state index is 0.558. The summed E-state index contributed by atoms with van der Waals surface area (Å²) in [5, 5.41) is 4.66. The third-order valence-corrected chi connectivity index (χ3v) is 4.54. The van der Waals surface area contributed by atoms with Crippen LogP contribution in [0.15, 0.2) is 30.7 Å². The minimum Gasteiger partial charge on any atom is -0.371 e. The van der Waals surface area contributed by atoms with E-state index in [-0.39, 0.29) is 0 Å². The van der Waals surface area contributed by atoms with E-state index in [4.69, 9.17) is 23.2 Å². The number of nitrogens with one attached hydrogen (secondary N) is 1. The van der Waals surface area contributed by atoms with Crippen molar-refractivity contribution in [2.24, 2.45) is 5.92 Å². The number of aryl methyl sites for hydroxylation is 1. The van der Waals surface area contributed by atoms with E-state index in [0.717, 1.165) is 31.1 Å². The number of benzene rings is 1. The average Bonchev–Trinajstić information content (AvgIpc) is 2.98. The lowest BCUT2D eigenvalue weighted by Gasteiger charge is -2.21. The van der Waals surface area contributed by atoms with Crippen LogP contribution in [0.4, 0.5) is 11.5 Å². The molecule has 2 heterocycles. The fourth-order valence-electron chi connectivity index (χ4n) is 2.83. The van der Waals surface area contributed by atoms with Crippen LogP contribution in [0.3, 0.4) is 0 Å². The van der Waals surface area contributed by atoms with Crippen LogP contribution in [0.5, 0.6) is 0 Å². The first kappa shape index (κ1) is 15.4. The summed E-state index contributed by atoms with van der Waals surface area (Å²) in [6, 6.07) is 6.06. The molecule has 1 N–H and O–H groups in total. The van der Waals surface area contributed by atoms with Crippen molar-refractivity contribution >= 4 is 34.7 Å². The van der Waals surface area contributed by atoms with Gasteiger partial charge in [0, 0.05) is 30.3 Å². The van der Waals surface area contributed by atoms with Crippen LogP contribution >= 0.6 is 23.2 Å². The smallest absolute Gasteiger partial charge is 0.148 e. The Labute approximate surface area is 140 Å². The fourth-order valence-corrected chi connectivity index (χ4v) is 3.16. The molecule has 0 aliphatic carbocycles. The Bertz CT molecular complexity index is 662. The van der Waals surface area contributed by atoms with Crippen LogP contribution in [0, 0.1) is 12.8 Å². The molecule has 6 heteroatoms. The molecule has 0 spiro atoms. The lowest BCUT2D eigenvalue weighted by atomic mass is 10.1. The van der Waals surface area contributed by atoms with E-state index in [1.165, 1.54) is 17.6 Å². The molecule has 1 aliphatic rings. The first-order valence-electron chi connectivity index (χ1n) is 7.34. The van der Waals surface area contributed by atoms with Gasteiger partial charge in [0.1, 0.15) is 17.2 Å². The summed E-state index contributed by atoms with van der Waals surface area (Å²) in [6.07, 6.45) is 4.25. The van der Waals surface area contributed by atoms with Gasteiger partial charge in [-0.25, -0.2) is 9.97 Å². The van der Waals surface area contributed by atoms with Gasteiger partial charge < -0.3 is 10.2 Å². The molecule has 1 aliphatic heterocycles. The lowest BCUT2D eigenvalue weighted by Crippen LogP contribution is -2.23. The largest absolute Gasteiger partial charge is 0.371 e. The van der Waals surface area contributed by atoms with Gasteiger partial charge in [-0.15, -0.1) is 0 Å². The van der Waals surface area contributed by atoms with Gasteiger partial charge in [0.15, 0.2) is 0 Å². The molecule has 1 atom stereocenters. The highest BCUT2D eigenvalue weighted by atomic mass is 35.5. The van der Waals surface area contributed by atoms with E-state index in [9.17, 15) is 0 Å². The molecule has 0 amide bonds. The van der Waals surface area contributed by atoms with Crippen molar-refractivity contribution in [3.63, 3.8) is 0 Å². The van der Waals surface area contributed by atoms with Gasteiger partial charge >= 0.3 is 0 Å². The molecule has 1 unspecified atom stereocenters. The minimum absolute atomic E-state index is 0.558. The Balaban J connectivity index is 1.61. The maximum absolute atomic E-state index is 6.12. The van der Waals surface area contributed by atoms with Crippen molar-refractivity contribution in [2.45, 2.75) is 13.3 Å². The summed E-state index contributed by atoms with van der Waals surface area (Å²) < 4.78 is 0. The summed E-state index contributed by atoms with van der Waals surface area (Å²) in [7, 11) is 0. The Kier molecular flexibility index (Phi) is 4.69. The maximum atomic E-state index is 6.12. The molecule has 2 aromatic rings. The Hall–Kier alpha value is -1.52. The van der Waals surface area contributed by atoms with Crippen molar-refractivity contribution < 1.29 is 0 Å². The first-order chi connectivity index (χ1) is 10.6. The number of hydrogen-bond donors (Lipinski definition) is 1. The van der Waals surface area contributed by atoms with Gasteiger partial charge in [-0.2, -0.15) is 0 Å². The summed E-state index contributed by atoms with van der Waals surface area (Å²) in [5.74, 6) is 1.26. The SMILES string of the molecule is Cc1ccc(Cl)cc1N1CCC(CNc2ncncc2Cl)C1. The van der Waals surface area contributed by atoms with Gasteiger partial charge in [0.05, 0.1) is 6.20 Å². The van der Waals surface area contributed by atoms with Gasteiger partial charge in [0.25, 0.3) is 0 Å². The molecule has 116 valence electrons. The number of nitrogens with zero attached hydrogens (tertiary/aromatic N) is 3. The number of hydrogen-bond acceptors (Lipinski definition) is 4. The highest BCUT2D eigenvalue weighted by Gasteiger charge is 2.24. The summed E-state index contributed by atoms with van der Waals surface area (Å²) in [4.78, 5) is 10.4. The van der Waals surface area contributed by atoms with Crippen LogP contribution in [-0.2, 0) is 0 Å². The number of halogens is 2. The summed E-state index contributed by atoms with van der Waals surface area (Å²) in [6.45, 7) is 5.03. The van der Waals surface area contributed by atoms with E-state index >= 15 is 0 Å². The van der Waals surface area contributed by atoms with Crippen molar-refractivity contribution in [2.75, 3.05) is 29.9 Å². The highest BCUT2D eigenvalue weighted by molar-refractivity contribution is 6.32. The molecule has 0 radical (unpaired) electrons. The molecular weight excluding hydrogens is 319 g/mol. The molecule has 22 heavy (non-hydrogen) atoms. The third kappa shape index (κ3) is 3.45. The number of aromatic nitrogens is 2.